The molecular formula is C10H24F6NP. The molecule has 0 aliphatic carbocycles. The molecule has 0 aliphatic heterocycles. The summed E-state index contributed by atoms with van der Waals surface area (Å²) < 4.78 is 60.4. The van der Waals surface area contributed by atoms with E-state index in [-0.39, 0.29) is 0 Å². The van der Waals surface area contributed by atoms with Crippen LogP contribution in [0.1, 0.15) is 41.5 Å². The summed E-state index contributed by atoms with van der Waals surface area (Å²) in [5.74, 6) is 0. The van der Waals surface area contributed by atoms with Crippen molar-refractivity contribution in [3.63, 3.8) is 0 Å². The van der Waals surface area contributed by atoms with Crippen LogP contribution >= 0.6 is 7.81 Å². The van der Waals surface area contributed by atoms with Gasteiger partial charge in [0.25, 0.3) is 0 Å². The van der Waals surface area contributed by atoms with Crippen LogP contribution in [0.15, 0.2) is 0 Å². The third-order valence-corrected chi connectivity index (χ3v) is 3.34. The van der Waals surface area contributed by atoms with Crippen molar-refractivity contribution in [3.8, 4) is 0 Å². The summed E-state index contributed by atoms with van der Waals surface area (Å²) in [6.45, 7) is 13.8. The van der Waals surface area contributed by atoms with E-state index >= 15 is 0 Å². The fourth-order valence-corrected chi connectivity index (χ4v) is 1.79. The third-order valence-electron chi connectivity index (χ3n) is 3.34. The molecule has 18 heavy (non-hydrogen) atoms. The fourth-order valence-electron chi connectivity index (χ4n) is 1.79. The molecule has 0 bridgehead atoms. The van der Waals surface area contributed by atoms with Crippen molar-refractivity contribution in [3.05, 3.63) is 0 Å². The molecule has 0 N–H and O–H groups in total. The van der Waals surface area contributed by atoms with Crippen LogP contribution in [0.4, 0.5) is 25.2 Å². The van der Waals surface area contributed by atoms with Crippen LogP contribution in [0.5, 0.6) is 0 Å². The first-order valence-electron chi connectivity index (χ1n) is 5.70. The van der Waals surface area contributed by atoms with Gasteiger partial charge in [-0.05, 0) is 41.5 Å². The predicted molar refractivity (Wildman–Crippen MR) is 65.2 cm³/mol. The molecule has 0 saturated carbocycles. The average Bonchev–Trinajstić information content (AvgIpc) is 1.95. The quantitative estimate of drug-likeness (QED) is 0.339. The molecule has 0 heterocycles. The molecule has 0 atom stereocenters. The van der Waals surface area contributed by atoms with Crippen LogP contribution in [0, 0.1) is 0 Å². The molecule has 116 valence electrons. The van der Waals surface area contributed by atoms with Crippen molar-refractivity contribution in [2.24, 2.45) is 0 Å². The van der Waals surface area contributed by atoms with Gasteiger partial charge < -0.3 is 4.48 Å². The molecule has 0 aromatic carbocycles. The summed E-state index contributed by atoms with van der Waals surface area (Å²) in [4.78, 5) is 0. The van der Waals surface area contributed by atoms with Crippen molar-refractivity contribution < 1.29 is 29.7 Å². The van der Waals surface area contributed by atoms with Gasteiger partial charge in [-0.15, -0.1) is 0 Å². The first kappa shape index (κ1) is 20.3. The fraction of sp³-hybridized carbons (Fsp3) is 1.00. The summed E-state index contributed by atoms with van der Waals surface area (Å²) in [6, 6.07) is 2.15. The van der Waals surface area contributed by atoms with Crippen molar-refractivity contribution in [2.45, 2.75) is 59.7 Å². The molecule has 0 aromatic rings. The third kappa shape index (κ3) is 11.1. The Hall–Kier alpha value is -0.0300. The predicted octanol–water partition coefficient (Wildman–Crippen LogP) is 6.04. The Kier molecular flexibility index (Phi) is 5.43. The Morgan fingerprint density at radius 1 is 0.611 bits per heavy atom. The van der Waals surface area contributed by atoms with E-state index in [1.165, 1.54) is 4.48 Å². The van der Waals surface area contributed by atoms with Crippen molar-refractivity contribution in [1.29, 1.82) is 0 Å². The maximum absolute atomic E-state index is 10.7. The van der Waals surface area contributed by atoms with Crippen LogP contribution in [0.2, 0.25) is 0 Å². The number of halogens is 6. The van der Waals surface area contributed by atoms with E-state index in [0.717, 1.165) is 18.1 Å². The Bertz CT molecular complexity index is 232. The zero-order valence-corrected chi connectivity index (χ0v) is 12.8. The monoisotopic (exact) mass is 303 g/mol. The molecule has 8 heteroatoms. The second-order valence-corrected chi connectivity index (χ2v) is 7.38. The zero-order chi connectivity index (χ0) is 15.6. The van der Waals surface area contributed by atoms with E-state index in [1.807, 2.05) is 0 Å². The summed E-state index contributed by atoms with van der Waals surface area (Å²) in [5, 5.41) is 0. The van der Waals surface area contributed by atoms with Gasteiger partial charge in [0.15, 0.2) is 0 Å². The van der Waals surface area contributed by atoms with Crippen LogP contribution in [-0.4, -0.2) is 29.7 Å². The molecule has 0 radical (unpaired) electrons. The molecule has 0 fully saturated rings. The van der Waals surface area contributed by atoms with Gasteiger partial charge in [0.2, 0.25) is 0 Å². The molecule has 0 spiro atoms. The molecule has 1 nitrogen and oxygen atoms in total. The van der Waals surface area contributed by atoms with Gasteiger partial charge >= 0.3 is 33.0 Å². The number of hydrogen-bond donors (Lipinski definition) is 0. The number of nitrogens with zero attached hydrogens (tertiary/aromatic N) is 1. The van der Waals surface area contributed by atoms with Gasteiger partial charge in [0.05, 0.1) is 25.2 Å². The van der Waals surface area contributed by atoms with Gasteiger partial charge in [0, 0.05) is 0 Å². The number of quaternary nitrogens is 1. The average molecular weight is 303 g/mol. The summed E-state index contributed by atoms with van der Waals surface area (Å²) in [7, 11) is -8.31. The standard InChI is InChI=1S/C10H24N.F6P/c1-8(2)11(7,9(3)4)10(5)6;1-7(2,3,4,5)6/h8-10H,1-7H3;/q+1;-1. The maximum atomic E-state index is 9.87. The summed E-state index contributed by atoms with van der Waals surface area (Å²) >= 11 is 0. The SMILES string of the molecule is CC(C)[N+](C)(C(C)C)C(C)C.F[P-](F)(F)(F)(F)F. The van der Waals surface area contributed by atoms with E-state index < -0.39 is 7.81 Å². The van der Waals surface area contributed by atoms with Crippen LogP contribution in [0.25, 0.3) is 0 Å². The summed E-state index contributed by atoms with van der Waals surface area (Å²) in [6.07, 6.45) is 0. The Morgan fingerprint density at radius 3 is 0.722 bits per heavy atom. The molecule has 0 saturated heterocycles. The van der Waals surface area contributed by atoms with Crippen LogP contribution in [-0.2, 0) is 0 Å². The van der Waals surface area contributed by atoms with Crippen LogP contribution in [0.3, 0.4) is 0 Å². The van der Waals surface area contributed by atoms with Gasteiger partial charge in [-0.3, -0.25) is 0 Å². The number of hydrogen-bond acceptors (Lipinski definition) is 0. The Labute approximate surface area is 105 Å². The van der Waals surface area contributed by atoms with Gasteiger partial charge in [-0.25, -0.2) is 0 Å². The topological polar surface area (TPSA) is 0 Å². The Morgan fingerprint density at radius 2 is 0.722 bits per heavy atom. The molecule has 0 aliphatic rings. The van der Waals surface area contributed by atoms with Gasteiger partial charge in [0.1, 0.15) is 0 Å². The first-order valence-corrected chi connectivity index (χ1v) is 7.73. The minimum atomic E-state index is -10.7. The normalized spacial score (nSPS) is 17.3. The van der Waals surface area contributed by atoms with Crippen molar-refractivity contribution in [1.82, 2.24) is 0 Å². The molecule has 0 unspecified atom stereocenters. The second-order valence-electron chi connectivity index (χ2n) is 5.46. The van der Waals surface area contributed by atoms with Crippen LogP contribution < -0.4 is 0 Å². The van der Waals surface area contributed by atoms with Crippen molar-refractivity contribution in [2.75, 3.05) is 7.05 Å². The molecule has 0 aromatic heterocycles. The van der Waals surface area contributed by atoms with Gasteiger partial charge in [-0.2, -0.15) is 0 Å². The van der Waals surface area contributed by atoms with E-state index in [2.05, 4.69) is 48.6 Å². The minimum absolute atomic E-state index is 0.718. The van der Waals surface area contributed by atoms with Gasteiger partial charge in [-0.1, -0.05) is 0 Å². The van der Waals surface area contributed by atoms with E-state index in [1.54, 1.807) is 0 Å². The number of rotatable bonds is 3. The van der Waals surface area contributed by atoms with Crippen molar-refractivity contribution >= 4 is 7.81 Å². The van der Waals surface area contributed by atoms with E-state index in [4.69, 9.17) is 0 Å². The molecule has 0 amide bonds. The zero-order valence-electron chi connectivity index (χ0n) is 11.9. The molecular weight excluding hydrogens is 279 g/mol. The Balaban J connectivity index is 0. The first-order chi connectivity index (χ1) is 7.28. The molecule has 0 rings (SSSR count). The second kappa shape index (κ2) is 4.82. The summed E-state index contributed by atoms with van der Waals surface area (Å²) in [5.41, 5.74) is 0. The van der Waals surface area contributed by atoms with E-state index in [0.29, 0.717) is 0 Å². The van der Waals surface area contributed by atoms with E-state index in [9.17, 15) is 25.2 Å².